The largest absolute Gasteiger partial charge is 0.461 e. The summed E-state index contributed by atoms with van der Waals surface area (Å²) in [6, 6.07) is 1.74. The number of ether oxygens (including phenoxy) is 1. The molecule has 0 spiro atoms. The number of anilines is 1. The van der Waals surface area contributed by atoms with Crippen molar-refractivity contribution in [1.82, 2.24) is 10.3 Å². The highest BCUT2D eigenvalue weighted by Gasteiger charge is 2.68. The smallest absolute Gasteiger partial charge is 0.316 e. The van der Waals surface area contributed by atoms with Crippen LogP contribution in [0.4, 0.5) is 5.69 Å². The summed E-state index contributed by atoms with van der Waals surface area (Å²) in [5.74, 6) is -0.571. The molecule has 3 aliphatic carbocycles. The van der Waals surface area contributed by atoms with Crippen molar-refractivity contribution in [3.8, 4) is 0 Å². The lowest BCUT2D eigenvalue weighted by atomic mass is 9.44. The van der Waals surface area contributed by atoms with Gasteiger partial charge in [-0.1, -0.05) is 33.8 Å². The zero-order valence-electron chi connectivity index (χ0n) is 24.7. The number of nitrogens with one attached hydrogen (secondary N) is 2. The molecule has 1 heterocycles. The molecule has 0 aromatic carbocycles. The molecular formula is C31H45N3O6S. The number of carbonyl (C=O) groups is 3. The summed E-state index contributed by atoms with van der Waals surface area (Å²) in [6.07, 6.45) is 7.15. The lowest BCUT2D eigenvalue weighted by molar-refractivity contribution is -0.205. The number of Topliss-reactive ketones (excluding diaryl/α,β-unsaturated/α-hetero) is 1. The molecule has 3 aliphatic rings. The molecule has 4 N–H and O–H groups in total. The Labute approximate surface area is 247 Å². The van der Waals surface area contributed by atoms with Gasteiger partial charge in [-0.05, 0) is 49.0 Å². The molecule has 9 nitrogen and oxygen atoms in total. The number of nitrogens with zero attached hydrogens (tertiary/aromatic N) is 1. The van der Waals surface area contributed by atoms with E-state index in [-0.39, 0.29) is 53.8 Å². The Morgan fingerprint density at radius 1 is 1.27 bits per heavy atom. The number of hydrogen-bond acceptors (Lipinski definition) is 9. The van der Waals surface area contributed by atoms with Crippen LogP contribution in [0.5, 0.6) is 0 Å². The van der Waals surface area contributed by atoms with Crippen LogP contribution < -0.4 is 10.6 Å². The van der Waals surface area contributed by atoms with Crippen molar-refractivity contribution in [2.45, 2.75) is 76.9 Å². The highest BCUT2D eigenvalue weighted by molar-refractivity contribution is 8.00. The summed E-state index contributed by atoms with van der Waals surface area (Å²) in [7, 11) is 0. The van der Waals surface area contributed by atoms with Gasteiger partial charge in [0.1, 0.15) is 11.9 Å². The monoisotopic (exact) mass is 587 g/mol. The van der Waals surface area contributed by atoms with Gasteiger partial charge in [-0.15, -0.1) is 18.3 Å². The Morgan fingerprint density at radius 2 is 2.02 bits per heavy atom. The molecule has 1 amide bonds. The number of hydrogen-bond donors (Lipinski definition) is 4. The van der Waals surface area contributed by atoms with E-state index < -0.39 is 29.0 Å². The van der Waals surface area contributed by atoms with Gasteiger partial charge in [0, 0.05) is 40.8 Å². The average molecular weight is 588 g/mol. The van der Waals surface area contributed by atoms with Gasteiger partial charge in [0.15, 0.2) is 0 Å². The van der Waals surface area contributed by atoms with Gasteiger partial charge in [0.05, 0.1) is 36.9 Å². The Kier molecular flexibility index (Phi) is 9.68. The number of aromatic nitrogens is 1. The van der Waals surface area contributed by atoms with Crippen molar-refractivity contribution >= 4 is 35.1 Å². The number of rotatable bonds is 10. The summed E-state index contributed by atoms with van der Waals surface area (Å²) in [4.78, 5) is 43.9. The van der Waals surface area contributed by atoms with Crippen LogP contribution in [0.2, 0.25) is 0 Å². The van der Waals surface area contributed by atoms with E-state index >= 15 is 0 Å². The standard InChI is InChI=1S/C31H45N3O6S/c1-6-29(4)14-24(30(5)19(2)7-9-31(20(3)28(29)39)10-8-23(36)27(30)31)40-26(38)18-41-22-13-21(15-33-16-22)34-25(37)17-32-11-12-35/h6,13,15-16,19-20,24,27-28,32,35,39H,1,7-12,14,17-18H2,2-5H3,(H,34,37)/t19-,20+,24-,27+,28+,29-,30+,31+/m1/s1. The second-order valence-electron chi connectivity index (χ2n) is 12.7. The lowest BCUT2D eigenvalue weighted by Crippen LogP contribution is -2.63. The van der Waals surface area contributed by atoms with E-state index in [0.29, 0.717) is 30.0 Å². The van der Waals surface area contributed by atoms with Crippen molar-refractivity contribution in [2.75, 3.05) is 30.8 Å². The fraction of sp³-hybridized carbons (Fsp3) is 0.677. The third-order valence-electron chi connectivity index (χ3n) is 10.5. The third-order valence-corrected chi connectivity index (χ3v) is 11.4. The van der Waals surface area contributed by atoms with E-state index in [1.165, 1.54) is 18.0 Å². The molecule has 0 unspecified atom stereocenters. The van der Waals surface area contributed by atoms with E-state index in [4.69, 9.17) is 9.84 Å². The zero-order chi connectivity index (χ0) is 30.0. The predicted molar refractivity (Wildman–Crippen MR) is 158 cm³/mol. The van der Waals surface area contributed by atoms with Crippen LogP contribution in [0.1, 0.15) is 59.8 Å². The Balaban J connectivity index is 1.52. The molecular weight excluding hydrogens is 542 g/mol. The van der Waals surface area contributed by atoms with Gasteiger partial charge in [-0.3, -0.25) is 19.4 Å². The molecule has 1 aromatic rings. The first kappa shape index (κ1) is 31.7. The van der Waals surface area contributed by atoms with Crippen LogP contribution >= 0.6 is 11.8 Å². The minimum absolute atomic E-state index is 0.0333. The molecule has 0 saturated heterocycles. The van der Waals surface area contributed by atoms with E-state index in [1.807, 2.05) is 6.92 Å². The minimum atomic E-state index is -0.704. The van der Waals surface area contributed by atoms with Gasteiger partial charge in [-0.25, -0.2) is 0 Å². The maximum absolute atomic E-state index is 13.5. The quantitative estimate of drug-likeness (QED) is 0.140. The van der Waals surface area contributed by atoms with Crippen LogP contribution in [0.15, 0.2) is 36.0 Å². The third kappa shape index (κ3) is 5.98. The molecule has 3 saturated carbocycles. The van der Waals surface area contributed by atoms with Gasteiger partial charge in [0.2, 0.25) is 5.91 Å². The summed E-state index contributed by atoms with van der Waals surface area (Å²) < 4.78 is 6.30. The number of amides is 1. The van der Waals surface area contributed by atoms with Crippen molar-refractivity contribution in [3.63, 3.8) is 0 Å². The topological polar surface area (TPSA) is 138 Å². The van der Waals surface area contributed by atoms with E-state index in [2.05, 4.69) is 43.0 Å². The molecule has 0 aliphatic heterocycles. The molecule has 1 aromatic heterocycles. The van der Waals surface area contributed by atoms with Crippen molar-refractivity contribution in [2.24, 2.45) is 34.0 Å². The number of carbonyl (C=O) groups excluding carboxylic acids is 3. The predicted octanol–water partition coefficient (Wildman–Crippen LogP) is 3.60. The fourth-order valence-electron chi connectivity index (χ4n) is 7.89. The average Bonchev–Trinajstić information content (AvgIpc) is 3.30. The Bertz CT molecular complexity index is 1160. The van der Waals surface area contributed by atoms with Gasteiger partial charge >= 0.3 is 5.97 Å². The number of aliphatic hydroxyl groups is 2. The number of pyridine rings is 1. The SMILES string of the molecule is C=C[C@]1(C)C[C@@H](OC(=O)CSc2cncc(NC(=O)CNCCO)c2)[C@]2(C)[C@H](C)CC[C@]3(CCC(=O)[C@H]32)[C@@H](C)[C@@H]1O. The van der Waals surface area contributed by atoms with Crippen molar-refractivity contribution in [3.05, 3.63) is 31.1 Å². The molecule has 4 rings (SSSR count). The second kappa shape index (κ2) is 12.5. The summed E-state index contributed by atoms with van der Waals surface area (Å²) in [5.41, 5.74) is -1.04. The number of ketones is 1. The molecule has 2 bridgehead atoms. The molecule has 0 radical (unpaired) electrons. The van der Waals surface area contributed by atoms with E-state index in [0.717, 1.165) is 19.3 Å². The van der Waals surface area contributed by atoms with E-state index in [1.54, 1.807) is 18.3 Å². The lowest BCUT2D eigenvalue weighted by Gasteiger charge is -2.61. The van der Waals surface area contributed by atoms with Gasteiger partial charge < -0.3 is 25.6 Å². The van der Waals surface area contributed by atoms with Crippen LogP contribution in [0, 0.1) is 34.0 Å². The van der Waals surface area contributed by atoms with Gasteiger partial charge in [0.25, 0.3) is 0 Å². The first-order valence-electron chi connectivity index (χ1n) is 14.6. The normalized spacial score (nSPS) is 36.5. The zero-order valence-corrected chi connectivity index (χ0v) is 25.5. The van der Waals surface area contributed by atoms with Crippen molar-refractivity contribution in [1.29, 1.82) is 0 Å². The fourth-order valence-corrected chi connectivity index (χ4v) is 8.59. The maximum Gasteiger partial charge on any atom is 0.316 e. The number of thioether (sulfide) groups is 1. The van der Waals surface area contributed by atoms with E-state index in [9.17, 15) is 19.5 Å². The molecule has 8 atom stereocenters. The van der Waals surface area contributed by atoms with Crippen LogP contribution in [0.25, 0.3) is 0 Å². The molecule has 3 fully saturated rings. The number of esters is 1. The maximum atomic E-state index is 13.5. The highest BCUT2D eigenvalue weighted by atomic mass is 32.2. The minimum Gasteiger partial charge on any atom is -0.461 e. The summed E-state index contributed by atoms with van der Waals surface area (Å²) in [6.45, 7) is 12.8. The first-order valence-corrected chi connectivity index (χ1v) is 15.6. The van der Waals surface area contributed by atoms with Crippen molar-refractivity contribution < 1.29 is 29.3 Å². The highest BCUT2D eigenvalue weighted by Crippen LogP contribution is 2.68. The second-order valence-corrected chi connectivity index (χ2v) is 13.8. The van der Waals surface area contributed by atoms with Gasteiger partial charge in [-0.2, -0.15) is 0 Å². The molecule has 41 heavy (non-hydrogen) atoms. The van der Waals surface area contributed by atoms with Crippen LogP contribution in [-0.4, -0.2) is 70.5 Å². The first-order chi connectivity index (χ1) is 19.4. The van der Waals surface area contributed by atoms with Crippen LogP contribution in [0.3, 0.4) is 0 Å². The number of aliphatic hydroxyl groups excluding tert-OH is 2. The Hall–Kier alpha value is -2.27. The summed E-state index contributed by atoms with van der Waals surface area (Å²) in [5, 5.41) is 26.1. The molecule has 226 valence electrons. The molecule has 10 heteroatoms. The Morgan fingerprint density at radius 3 is 2.73 bits per heavy atom. The van der Waals surface area contributed by atoms with Crippen LogP contribution in [-0.2, 0) is 19.1 Å². The summed E-state index contributed by atoms with van der Waals surface area (Å²) >= 11 is 1.26.